The van der Waals surface area contributed by atoms with Crippen molar-refractivity contribution in [1.29, 1.82) is 0 Å². The fourth-order valence-corrected chi connectivity index (χ4v) is 9.46. The maximum Gasteiger partial charge on any atom is 0.235 e. The van der Waals surface area contributed by atoms with Gasteiger partial charge < -0.3 is 4.42 Å². The van der Waals surface area contributed by atoms with E-state index < -0.39 is 0 Å². The Morgan fingerprint density at radius 1 is 0.397 bits per heavy atom. The molecule has 3 aromatic heterocycles. The van der Waals surface area contributed by atoms with Crippen molar-refractivity contribution in [1.82, 2.24) is 14.5 Å². The maximum absolute atomic E-state index is 6.56. The van der Waals surface area contributed by atoms with E-state index in [9.17, 15) is 0 Å². The molecule has 0 saturated heterocycles. The Bertz CT molecular complexity index is 3660. The summed E-state index contributed by atoms with van der Waals surface area (Å²) in [5, 5.41) is 9.24. The van der Waals surface area contributed by atoms with Crippen molar-refractivity contribution in [2.24, 2.45) is 0 Å². The molecule has 0 unspecified atom stereocenters. The molecule has 58 heavy (non-hydrogen) atoms. The molecule has 9 aromatic carbocycles. The lowest BCUT2D eigenvalue weighted by atomic mass is 9.98. The number of aromatic nitrogens is 3. The number of nitrogens with zero attached hydrogens (tertiary/aromatic N) is 3. The zero-order chi connectivity index (χ0) is 37.9. The van der Waals surface area contributed by atoms with Gasteiger partial charge in [-0.25, -0.2) is 9.97 Å². The summed E-state index contributed by atoms with van der Waals surface area (Å²) in [6, 6.07) is 67.1. The number of hydrogen-bond acceptors (Lipinski definition) is 3. The summed E-state index contributed by atoms with van der Waals surface area (Å²) in [6.45, 7) is 0. The minimum absolute atomic E-state index is 0.647. The standard InChI is InChI=1S/C54H31N3O/c1-2-10-32(11-3-1)33-20-22-36(23-21-33)51-43-27-24-34-12-4-5-15-39(34)52(43)56-54(55-51)57-46-19-7-6-16-40(46)44-30-37(25-28-47(44)57)38-26-29-48-45(31-38)50-41-17-8-13-35-14-9-18-42(49(35)41)53(50)58-48/h1-31H. The van der Waals surface area contributed by atoms with Crippen LogP contribution >= 0.6 is 0 Å². The Hall–Kier alpha value is -7.82. The summed E-state index contributed by atoms with van der Waals surface area (Å²) in [5.41, 5.74) is 14.2. The van der Waals surface area contributed by atoms with Gasteiger partial charge in [-0.1, -0.05) is 152 Å². The quantitative estimate of drug-likeness (QED) is 0.169. The summed E-state index contributed by atoms with van der Waals surface area (Å²) < 4.78 is 8.80. The molecule has 0 aliphatic heterocycles. The second-order valence-electron chi connectivity index (χ2n) is 15.3. The highest BCUT2D eigenvalue weighted by atomic mass is 16.3. The van der Waals surface area contributed by atoms with Crippen LogP contribution in [0.15, 0.2) is 192 Å². The first-order valence-electron chi connectivity index (χ1n) is 19.7. The average Bonchev–Trinajstić information content (AvgIpc) is 3.94. The van der Waals surface area contributed by atoms with Crippen molar-refractivity contribution in [3.05, 3.63) is 188 Å². The summed E-state index contributed by atoms with van der Waals surface area (Å²) in [7, 11) is 0. The molecule has 12 aromatic rings. The summed E-state index contributed by atoms with van der Waals surface area (Å²) in [5.74, 6) is 1.61. The molecular formula is C54H31N3O. The van der Waals surface area contributed by atoms with Crippen molar-refractivity contribution in [3.63, 3.8) is 0 Å². The predicted octanol–water partition coefficient (Wildman–Crippen LogP) is 14.4. The monoisotopic (exact) mass is 737 g/mol. The van der Waals surface area contributed by atoms with E-state index in [4.69, 9.17) is 14.4 Å². The Morgan fingerprint density at radius 3 is 1.91 bits per heavy atom. The van der Waals surface area contributed by atoms with Crippen LogP contribution in [0.2, 0.25) is 0 Å². The van der Waals surface area contributed by atoms with Crippen molar-refractivity contribution in [2.75, 3.05) is 0 Å². The lowest BCUT2D eigenvalue weighted by Crippen LogP contribution is -2.03. The smallest absolute Gasteiger partial charge is 0.235 e. The van der Waals surface area contributed by atoms with Gasteiger partial charge in [0.25, 0.3) is 0 Å². The van der Waals surface area contributed by atoms with Gasteiger partial charge in [-0.15, -0.1) is 0 Å². The van der Waals surface area contributed by atoms with Gasteiger partial charge in [0, 0.05) is 49.0 Å². The molecule has 0 bridgehead atoms. The topological polar surface area (TPSA) is 43.9 Å². The van der Waals surface area contributed by atoms with E-state index in [0.29, 0.717) is 5.95 Å². The van der Waals surface area contributed by atoms with E-state index in [1.807, 2.05) is 0 Å². The van der Waals surface area contributed by atoms with Crippen LogP contribution in [0.25, 0.3) is 127 Å². The Labute approximate surface area is 332 Å². The van der Waals surface area contributed by atoms with Gasteiger partial charge >= 0.3 is 0 Å². The van der Waals surface area contributed by atoms with Gasteiger partial charge in [-0.3, -0.25) is 4.57 Å². The van der Waals surface area contributed by atoms with Gasteiger partial charge in [0.2, 0.25) is 5.95 Å². The van der Waals surface area contributed by atoms with E-state index in [-0.39, 0.29) is 0 Å². The van der Waals surface area contributed by atoms with E-state index in [1.54, 1.807) is 0 Å². The Kier molecular flexibility index (Phi) is 6.41. The summed E-state index contributed by atoms with van der Waals surface area (Å²) in [6.07, 6.45) is 0. The molecule has 268 valence electrons. The third-order valence-electron chi connectivity index (χ3n) is 12.2. The highest BCUT2D eigenvalue weighted by molar-refractivity contribution is 6.20. The molecular weight excluding hydrogens is 707 g/mol. The van der Waals surface area contributed by atoms with Crippen molar-refractivity contribution in [2.45, 2.75) is 0 Å². The SMILES string of the molecule is c1ccc(-c2ccc(-c3nc(-n4c5ccccc5c5cc(-c6ccc7oc8c(c7c6)-c6cccc7cccc-8c67)ccc54)nc4c3ccc3ccccc34)cc2)cc1. The molecule has 4 heteroatoms. The van der Waals surface area contributed by atoms with Gasteiger partial charge in [0.15, 0.2) is 0 Å². The van der Waals surface area contributed by atoms with Crippen LogP contribution in [0.1, 0.15) is 0 Å². The minimum Gasteiger partial charge on any atom is -0.455 e. The second-order valence-corrected chi connectivity index (χ2v) is 15.3. The highest BCUT2D eigenvalue weighted by Gasteiger charge is 2.28. The van der Waals surface area contributed by atoms with Crippen LogP contribution in [0.5, 0.6) is 0 Å². The first kappa shape index (κ1) is 31.4. The van der Waals surface area contributed by atoms with E-state index in [0.717, 1.165) is 82.6 Å². The third-order valence-corrected chi connectivity index (χ3v) is 12.2. The Morgan fingerprint density at radius 2 is 1.05 bits per heavy atom. The van der Waals surface area contributed by atoms with Crippen LogP contribution in [-0.2, 0) is 0 Å². The predicted molar refractivity (Wildman–Crippen MR) is 239 cm³/mol. The average molecular weight is 738 g/mol. The van der Waals surface area contributed by atoms with Gasteiger partial charge in [-0.2, -0.15) is 0 Å². The van der Waals surface area contributed by atoms with Gasteiger partial charge in [-0.05, 0) is 75.0 Å². The summed E-state index contributed by atoms with van der Waals surface area (Å²) >= 11 is 0. The number of benzene rings is 9. The fourth-order valence-electron chi connectivity index (χ4n) is 9.46. The Balaban J connectivity index is 1.00. The van der Waals surface area contributed by atoms with Gasteiger partial charge in [0.1, 0.15) is 11.3 Å². The zero-order valence-corrected chi connectivity index (χ0v) is 31.1. The van der Waals surface area contributed by atoms with E-state index in [1.165, 1.54) is 38.6 Å². The van der Waals surface area contributed by atoms with E-state index >= 15 is 0 Å². The highest BCUT2D eigenvalue weighted by Crippen LogP contribution is 2.52. The van der Waals surface area contributed by atoms with Crippen molar-refractivity contribution in [3.8, 4) is 61.9 Å². The molecule has 0 saturated carbocycles. The first-order valence-corrected chi connectivity index (χ1v) is 19.7. The van der Waals surface area contributed by atoms with Crippen molar-refractivity contribution >= 4 is 65.2 Å². The van der Waals surface area contributed by atoms with Crippen LogP contribution in [-0.4, -0.2) is 14.5 Å². The van der Waals surface area contributed by atoms with Crippen LogP contribution in [0, 0.1) is 0 Å². The molecule has 3 heterocycles. The molecule has 0 spiro atoms. The molecule has 0 atom stereocenters. The molecule has 0 radical (unpaired) electrons. The minimum atomic E-state index is 0.647. The molecule has 0 N–H and O–H groups in total. The van der Waals surface area contributed by atoms with Gasteiger partial charge in [0.05, 0.1) is 22.2 Å². The number of para-hydroxylation sites is 1. The number of furan rings is 1. The first-order chi connectivity index (χ1) is 28.7. The molecule has 4 nitrogen and oxygen atoms in total. The maximum atomic E-state index is 6.56. The second kappa shape index (κ2) is 11.8. The van der Waals surface area contributed by atoms with Crippen molar-refractivity contribution < 1.29 is 4.42 Å². The number of hydrogen-bond donors (Lipinski definition) is 0. The largest absolute Gasteiger partial charge is 0.455 e. The third kappa shape index (κ3) is 4.45. The normalized spacial score (nSPS) is 12.1. The van der Waals surface area contributed by atoms with Crippen LogP contribution in [0.4, 0.5) is 0 Å². The number of fused-ring (bicyclic) bond motifs is 11. The molecule has 0 fully saturated rings. The molecule has 1 aliphatic carbocycles. The fraction of sp³-hybridized carbons (Fsp3) is 0. The lowest BCUT2D eigenvalue weighted by Gasteiger charge is -2.14. The van der Waals surface area contributed by atoms with E-state index in [2.05, 4.69) is 193 Å². The zero-order valence-electron chi connectivity index (χ0n) is 31.1. The summed E-state index contributed by atoms with van der Waals surface area (Å²) in [4.78, 5) is 10.9. The lowest BCUT2D eigenvalue weighted by molar-refractivity contribution is 0.634. The molecule has 1 aliphatic rings. The number of rotatable bonds is 4. The van der Waals surface area contributed by atoms with Crippen LogP contribution in [0.3, 0.4) is 0 Å². The molecule has 13 rings (SSSR count). The molecule has 0 amide bonds. The van der Waals surface area contributed by atoms with Crippen LogP contribution < -0.4 is 0 Å².